The standard InChI is InChI=1S/C20H23ClO4/c21-16-1-3-17(4-2-16)24-12-19(23)25-11-18(22)20-8-13-5-14(9-20)7-15(6-13)10-20/h1-4,13-15H,5-12H2. The summed E-state index contributed by atoms with van der Waals surface area (Å²) in [6, 6.07) is 6.77. The van der Waals surface area contributed by atoms with Gasteiger partial charge in [-0.25, -0.2) is 4.79 Å². The van der Waals surface area contributed by atoms with E-state index in [2.05, 4.69) is 0 Å². The van der Waals surface area contributed by atoms with Gasteiger partial charge in [0, 0.05) is 10.4 Å². The molecule has 1 aromatic rings. The minimum Gasteiger partial charge on any atom is -0.482 e. The van der Waals surface area contributed by atoms with Gasteiger partial charge in [0.25, 0.3) is 0 Å². The van der Waals surface area contributed by atoms with Gasteiger partial charge in [-0.3, -0.25) is 4.79 Å². The van der Waals surface area contributed by atoms with E-state index in [1.807, 2.05) is 0 Å². The average molecular weight is 363 g/mol. The Kier molecular flexibility index (Phi) is 4.48. The molecule has 4 bridgehead atoms. The smallest absolute Gasteiger partial charge is 0.344 e. The molecule has 0 aliphatic heterocycles. The number of carbonyl (C=O) groups is 2. The zero-order valence-corrected chi connectivity index (χ0v) is 15.0. The third-order valence-corrected chi connectivity index (χ3v) is 6.42. The average Bonchev–Trinajstić information content (AvgIpc) is 2.58. The van der Waals surface area contributed by atoms with Crippen LogP contribution in [0.4, 0.5) is 0 Å². The van der Waals surface area contributed by atoms with Gasteiger partial charge in [0.1, 0.15) is 5.75 Å². The Labute approximate surface area is 152 Å². The van der Waals surface area contributed by atoms with Gasteiger partial charge < -0.3 is 9.47 Å². The predicted molar refractivity (Wildman–Crippen MR) is 93.5 cm³/mol. The van der Waals surface area contributed by atoms with E-state index in [0.717, 1.165) is 19.3 Å². The summed E-state index contributed by atoms with van der Waals surface area (Å²) < 4.78 is 10.6. The van der Waals surface area contributed by atoms with E-state index in [0.29, 0.717) is 28.5 Å². The van der Waals surface area contributed by atoms with Gasteiger partial charge in [-0.2, -0.15) is 0 Å². The fourth-order valence-electron chi connectivity index (χ4n) is 5.47. The number of hydrogen-bond acceptors (Lipinski definition) is 4. The van der Waals surface area contributed by atoms with Crippen LogP contribution in [0.1, 0.15) is 38.5 Å². The molecular weight excluding hydrogens is 340 g/mol. The first-order chi connectivity index (χ1) is 12.0. The quantitative estimate of drug-likeness (QED) is 0.716. The second kappa shape index (κ2) is 6.64. The van der Waals surface area contributed by atoms with E-state index in [9.17, 15) is 9.59 Å². The molecule has 134 valence electrons. The van der Waals surface area contributed by atoms with Crippen molar-refractivity contribution in [2.75, 3.05) is 13.2 Å². The van der Waals surface area contributed by atoms with Crippen LogP contribution in [0.5, 0.6) is 5.75 Å². The zero-order valence-electron chi connectivity index (χ0n) is 14.2. The molecule has 4 nitrogen and oxygen atoms in total. The number of ether oxygens (including phenoxy) is 2. The molecule has 0 spiro atoms. The molecule has 4 aliphatic rings. The van der Waals surface area contributed by atoms with Crippen molar-refractivity contribution in [1.82, 2.24) is 0 Å². The summed E-state index contributed by atoms with van der Waals surface area (Å²) >= 11 is 5.80. The van der Waals surface area contributed by atoms with Crippen LogP contribution in [0.15, 0.2) is 24.3 Å². The second-order valence-corrected chi connectivity index (χ2v) is 8.46. The number of hydrogen-bond donors (Lipinski definition) is 0. The molecule has 0 N–H and O–H groups in total. The summed E-state index contributed by atoms with van der Waals surface area (Å²) in [5.41, 5.74) is -0.216. The van der Waals surface area contributed by atoms with Crippen LogP contribution < -0.4 is 4.74 Å². The van der Waals surface area contributed by atoms with Gasteiger partial charge in [0.05, 0.1) is 0 Å². The molecule has 0 unspecified atom stereocenters. The summed E-state index contributed by atoms with van der Waals surface area (Å²) in [7, 11) is 0. The van der Waals surface area contributed by atoms with Crippen molar-refractivity contribution in [2.24, 2.45) is 23.2 Å². The van der Waals surface area contributed by atoms with Crippen LogP contribution in [0, 0.1) is 23.2 Å². The molecular formula is C20H23ClO4. The number of rotatable bonds is 6. The van der Waals surface area contributed by atoms with Crippen molar-refractivity contribution in [3.63, 3.8) is 0 Å². The number of benzene rings is 1. The number of ketones is 1. The summed E-state index contributed by atoms with van der Waals surface area (Å²) in [4.78, 5) is 24.7. The summed E-state index contributed by atoms with van der Waals surface area (Å²) in [5, 5.41) is 0.607. The highest BCUT2D eigenvalue weighted by atomic mass is 35.5. The maximum absolute atomic E-state index is 12.8. The molecule has 0 saturated heterocycles. The molecule has 25 heavy (non-hydrogen) atoms. The number of halogens is 1. The highest BCUT2D eigenvalue weighted by molar-refractivity contribution is 6.30. The molecule has 0 atom stereocenters. The first-order valence-corrected chi connectivity index (χ1v) is 9.47. The molecule has 0 aromatic heterocycles. The van der Waals surface area contributed by atoms with Gasteiger partial charge in [0.2, 0.25) is 0 Å². The molecule has 0 radical (unpaired) electrons. The molecule has 4 fully saturated rings. The lowest BCUT2D eigenvalue weighted by atomic mass is 9.48. The van der Waals surface area contributed by atoms with Gasteiger partial charge in [0.15, 0.2) is 19.0 Å². The molecule has 0 amide bonds. The van der Waals surface area contributed by atoms with E-state index >= 15 is 0 Å². The minimum atomic E-state index is -0.506. The monoisotopic (exact) mass is 362 g/mol. The minimum absolute atomic E-state index is 0.116. The van der Waals surface area contributed by atoms with Crippen LogP contribution in [-0.4, -0.2) is 25.0 Å². The predicted octanol–water partition coefficient (Wildman–Crippen LogP) is 4.05. The maximum atomic E-state index is 12.8. The third kappa shape index (κ3) is 3.55. The normalized spacial score (nSPS) is 32.4. The van der Waals surface area contributed by atoms with Gasteiger partial charge in [-0.1, -0.05) is 11.6 Å². The lowest BCUT2D eigenvalue weighted by molar-refractivity contribution is -0.158. The Morgan fingerprint density at radius 3 is 2.08 bits per heavy atom. The first kappa shape index (κ1) is 16.9. The van der Waals surface area contributed by atoms with Crippen molar-refractivity contribution in [3.05, 3.63) is 29.3 Å². The van der Waals surface area contributed by atoms with Crippen LogP contribution in [-0.2, 0) is 14.3 Å². The van der Waals surface area contributed by atoms with Crippen LogP contribution in [0.25, 0.3) is 0 Å². The molecule has 4 aliphatic carbocycles. The van der Waals surface area contributed by atoms with Crippen LogP contribution in [0.3, 0.4) is 0 Å². The van der Waals surface area contributed by atoms with Crippen molar-refractivity contribution in [1.29, 1.82) is 0 Å². The summed E-state index contributed by atoms with van der Waals surface area (Å²) in [6.07, 6.45) is 6.87. The number of esters is 1. The Balaban J connectivity index is 1.27. The molecule has 4 saturated carbocycles. The Morgan fingerprint density at radius 1 is 0.960 bits per heavy atom. The Morgan fingerprint density at radius 2 is 1.52 bits per heavy atom. The van der Waals surface area contributed by atoms with E-state index in [1.165, 1.54) is 19.3 Å². The van der Waals surface area contributed by atoms with E-state index in [-0.39, 0.29) is 24.4 Å². The molecule has 5 rings (SSSR count). The van der Waals surface area contributed by atoms with E-state index < -0.39 is 5.97 Å². The van der Waals surface area contributed by atoms with Crippen LogP contribution >= 0.6 is 11.6 Å². The van der Waals surface area contributed by atoms with Crippen molar-refractivity contribution in [2.45, 2.75) is 38.5 Å². The highest BCUT2D eigenvalue weighted by Gasteiger charge is 2.54. The van der Waals surface area contributed by atoms with Crippen molar-refractivity contribution in [3.8, 4) is 5.75 Å². The first-order valence-electron chi connectivity index (χ1n) is 9.10. The van der Waals surface area contributed by atoms with Gasteiger partial charge in [-0.15, -0.1) is 0 Å². The number of carbonyl (C=O) groups excluding carboxylic acids is 2. The molecule has 0 heterocycles. The largest absolute Gasteiger partial charge is 0.482 e. The van der Waals surface area contributed by atoms with Crippen LogP contribution in [0.2, 0.25) is 5.02 Å². The lowest BCUT2D eigenvalue weighted by Gasteiger charge is -2.55. The summed E-state index contributed by atoms with van der Waals surface area (Å²) in [6.45, 7) is -0.315. The van der Waals surface area contributed by atoms with Gasteiger partial charge >= 0.3 is 5.97 Å². The van der Waals surface area contributed by atoms with E-state index in [4.69, 9.17) is 21.1 Å². The van der Waals surface area contributed by atoms with Crippen molar-refractivity contribution < 1.29 is 19.1 Å². The highest BCUT2D eigenvalue weighted by Crippen LogP contribution is 2.60. The fourth-order valence-corrected chi connectivity index (χ4v) is 5.59. The van der Waals surface area contributed by atoms with E-state index in [1.54, 1.807) is 24.3 Å². The summed E-state index contributed by atoms with van der Waals surface area (Å²) in [5.74, 6) is 2.28. The third-order valence-electron chi connectivity index (χ3n) is 6.16. The van der Waals surface area contributed by atoms with Crippen molar-refractivity contribution >= 4 is 23.4 Å². The Hall–Kier alpha value is -1.55. The second-order valence-electron chi connectivity index (χ2n) is 8.02. The molecule has 5 heteroatoms. The SMILES string of the molecule is O=C(COc1ccc(Cl)cc1)OCC(=O)C12CC3CC(CC(C3)C1)C2. The Bertz CT molecular complexity index is 631. The lowest BCUT2D eigenvalue weighted by Crippen LogP contribution is -2.51. The maximum Gasteiger partial charge on any atom is 0.344 e. The zero-order chi connectivity index (χ0) is 17.4. The molecule has 1 aromatic carbocycles. The fraction of sp³-hybridized carbons (Fsp3) is 0.600. The number of Topliss-reactive ketones (excluding diaryl/α,β-unsaturated/α-hetero) is 1. The van der Waals surface area contributed by atoms with Gasteiger partial charge in [-0.05, 0) is 80.5 Å². The topological polar surface area (TPSA) is 52.6 Å².